The summed E-state index contributed by atoms with van der Waals surface area (Å²) in [5, 5.41) is 11.5. The summed E-state index contributed by atoms with van der Waals surface area (Å²) >= 11 is 0. The summed E-state index contributed by atoms with van der Waals surface area (Å²) in [5.41, 5.74) is 0. The number of carboxylic acids is 1. The van der Waals surface area contributed by atoms with E-state index in [9.17, 15) is 18.0 Å². The number of carbonyl (C=O) groups excluding carboxylic acids is 1. The number of nitrogens with one attached hydrogen (secondary N) is 1. The third-order valence-electron chi connectivity index (χ3n) is 3.04. The van der Waals surface area contributed by atoms with Gasteiger partial charge in [-0.25, -0.2) is 8.42 Å². The van der Waals surface area contributed by atoms with Gasteiger partial charge in [0.1, 0.15) is 6.54 Å². The molecule has 0 spiro atoms. The molecule has 2 N–H and O–H groups in total. The zero-order valence-corrected chi connectivity index (χ0v) is 11.2. The van der Waals surface area contributed by atoms with E-state index >= 15 is 0 Å². The lowest BCUT2D eigenvalue weighted by Crippen LogP contribution is -2.50. The molecule has 7 nitrogen and oxygen atoms in total. The van der Waals surface area contributed by atoms with Crippen molar-refractivity contribution in [2.45, 2.75) is 25.4 Å². The average Bonchev–Trinajstić information content (AvgIpc) is 2.64. The molecular formula is C10H18N2O5S. The van der Waals surface area contributed by atoms with Gasteiger partial charge in [-0.05, 0) is 20.4 Å². The van der Waals surface area contributed by atoms with Crippen LogP contribution < -0.4 is 5.32 Å². The lowest BCUT2D eigenvalue weighted by Gasteiger charge is -2.29. The number of rotatable bonds is 5. The van der Waals surface area contributed by atoms with Gasteiger partial charge in [0.2, 0.25) is 5.91 Å². The van der Waals surface area contributed by atoms with Crippen molar-refractivity contribution in [3.8, 4) is 0 Å². The maximum absolute atomic E-state index is 12.0. The number of nitrogens with zero attached hydrogens (tertiary/aromatic N) is 1. The van der Waals surface area contributed by atoms with Gasteiger partial charge in [-0.1, -0.05) is 0 Å². The molecule has 1 fully saturated rings. The smallest absolute Gasteiger partial charge is 0.323 e. The summed E-state index contributed by atoms with van der Waals surface area (Å²) in [6.45, 7) is 1.14. The zero-order valence-electron chi connectivity index (χ0n) is 10.4. The predicted octanol–water partition coefficient (Wildman–Crippen LogP) is -1.31. The van der Waals surface area contributed by atoms with Crippen LogP contribution >= 0.6 is 0 Å². The van der Waals surface area contributed by atoms with Gasteiger partial charge in [0, 0.05) is 6.04 Å². The van der Waals surface area contributed by atoms with Gasteiger partial charge in [-0.3, -0.25) is 9.59 Å². The van der Waals surface area contributed by atoms with Gasteiger partial charge in [0.05, 0.1) is 17.5 Å². The molecule has 0 aromatic heterocycles. The summed E-state index contributed by atoms with van der Waals surface area (Å²) in [7, 11) is -1.56. The number of hydrogen-bond donors (Lipinski definition) is 2. The van der Waals surface area contributed by atoms with Crippen molar-refractivity contribution in [1.29, 1.82) is 0 Å². The Kier molecular flexibility index (Phi) is 4.69. The normalized spacial score (nSPS) is 23.6. The van der Waals surface area contributed by atoms with Crippen LogP contribution in [0.3, 0.4) is 0 Å². The third kappa shape index (κ3) is 3.67. The van der Waals surface area contributed by atoms with Crippen LogP contribution in [-0.2, 0) is 19.4 Å². The molecule has 2 atom stereocenters. The lowest BCUT2D eigenvalue weighted by atomic mass is 10.2. The number of aliphatic carboxylic acids is 1. The zero-order chi connectivity index (χ0) is 13.9. The van der Waals surface area contributed by atoms with Gasteiger partial charge < -0.3 is 15.3 Å². The quantitative estimate of drug-likeness (QED) is 0.647. The fourth-order valence-electron chi connectivity index (χ4n) is 1.93. The second-order valence-corrected chi connectivity index (χ2v) is 6.66. The first kappa shape index (κ1) is 14.9. The number of amides is 1. The summed E-state index contributed by atoms with van der Waals surface area (Å²) < 4.78 is 22.8. The highest BCUT2D eigenvalue weighted by Gasteiger charge is 2.36. The molecule has 104 valence electrons. The number of hydrogen-bond acceptors (Lipinski definition) is 5. The molecule has 0 aliphatic carbocycles. The van der Waals surface area contributed by atoms with Gasteiger partial charge in [0.25, 0.3) is 0 Å². The lowest BCUT2D eigenvalue weighted by molar-refractivity contribution is -0.146. The minimum Gasteiger partial charge on any atom is -0.480 e. The van der Waals surface area contributed by atoms with Crippen molar-refractivity contribution >= 4 is 21.7 Å². The first-order valence-corrected chi connectivity index (χ1v) is 7.49. The molecule has 1 saturated heterocycles. The van der Waals surface area contributed by atoms with Crippen LogP contribution in [0.5, 0.6) is 0 Å². The molecule has 2 unspecified atom stereocenters. The SMILES string of the molecule is CNC(C)C(=O)N(CC(=O)O)C1CCS(=O)(=O)C1. The number of sulfone groups is 1. The predicted molar refractivity (Wildman–Crippen MR) is 64.9 cm³/mol. The van der Waals surface area contributed by atoms with Crippen LogP contribution in [0.25, 0.3) is 0 Å². The first-order chi connectivity index (χ1) is 8.26. The van der Waals surface area contributed by atoms with E-state index < -0.39 is 34.4 Å². The van der Waals surface area contributed by atoms with E-state index in [1.165, 1.54) is 0 Å². The fraction of sp³-hybridized carbons (Fsp3) is 0.800. The Labute approximate surface area is 106 Å². The molecule has 0 aromatic carbocycles. The van der Waals surface area contributed by atoms with Crippen LogP contribution in [0.2, 0.25) is 0 Å². The number of carboxylic acid groups (broad SMARTS) is 1. The second kappa shape index (κ2) is 5.66. The van der Waals surface area contributed by atoms with E-state index in [2.05, 4.69) is 5.32 Å². The molecule has 1 amide bonds. The van der Waals surface area contributed by atoms with Crippen molar-refractivity contribution in [1.82, 2.24) is 10.2 Å². The minimum atomic E-state index is -3.15. The van der Waals surface area contributed by atoms with Crippen molar-refractivity contribution in [2.24, 2.45) is 0 Å². The molecule has 0 radical (unpaired) electrons. The molecule has 1 aliphatic heterocycles. The van der Waals surface area contributed by atoms with E-state index in [0.29, 0.717) is 6.42 Å². The van der Waals surface area contributed by atoms with E-state index in [4.69, 9.17) is 5.11 Å². The molecule has 8 heteroatoms. The van der Waals surface area contributed by atoms with E-state index in [1.807, 2.05) is 0 Å². The maximum atomic E-state index is 12.0. The number of carbonyl (C=O) groups is 2. The van der Waals surface area contributed by atoms with E-state index in [0.717, 1.165) is 4.90 Å². The van der Waals surface area contributed by atoms with Gasteiger partial charge in [-0.15, -0.1) is 0 Å². The first-order valence-electron chi connectivity index (χ1n) is 5.67. The van der Waals surface area contributed by atoms with Crippen LogP contribution in [-0.4, -0.2) is 67.5 Å². The van der Waals surface area contributed by atoms with Crippen LogP contribution in [0.1, 0.15) is 13.3 Å². The van der Waals surface area contributed by atoms with Crippen molar-refractivity contribution in [3.63, 3.8) is 0 Å². The molecule has 1 rings (SSSR count). The van der Waals surface area contributed by atoms with Gasteiger partial charge in [-0.2, -0.15) is 0 Å². The highest BCUT2D eigenvalue weighted by molar-refractivity contribution is 7.91. The molecular weight excluding hydrogens is 260 g/mol. The Hall–Kier alpha value is -1.15. The summed E-state index contributed by atoms with van der Waals surface area (Å²) in [6, 6.07) is -1.07. The Morgan fingerprint density at radius 1 is 1.50 bits per heavy atom. The summed E-state index contributed by atoms with van der Waals surface area (Å²) in [6.07, 6.45) is 0.303. The highest BCUT2D eigenvalue weighted by atomic mass is 32.2. The van der Waals surface area contributed by atoms with Gasteiger partial charge >= 0.3 is 5.97 Å². The topological polar surface area (TPSA) is 104 Å². The van der Waals surface area contributed by atoms with Crippen LogP contribution in [0, 0.1) is 0 Å². The van der Waals surface area contributed by atoms with E-state index in [1.54, 1.807) is 14.0 Å². The monoisotopic (exact) mass is 278 g/mol. The molecule has 0 aromatic rings. The van der Waals surface area contributed by atoms with Crippen LogP contribution in [0.15, 0.2) is 0 Å². The standard InChI is InChI=1S/C10H18N2O5S/c1-7(11-2)10(15)12(5-9(13)14)8-3-4-18(16,17)6-8/h7-8,11H,3-6H2,1-2H3,(H,13,14). The Bertz CT molecular complexity index is 434. The largest absolute Gasteiger partial charge is 0.480 e. The maximum Gasteiger partial charge on any atom is 0.323 e. The van der Waals surface area contributed by atoms with Crippen molar-refractivity contribution in [3.05, 3.63) is 0 Å². The molecule has 0 bridgehead atoms. The second-order valence-electron chi connectivity index (χ2n) is 4.43. The molecule has 18 heavy (non-hydrogen) atoms. The molecule has 1 aliphatic rings. The average molecular weight is 278 g/mol. The third-order valence-corrected chi connectivity index (χ3v) is 4.79. The Balaban J connectivity index is 2.85. The Morgan fingerprint density at radius 2 is 2.11 bits per heavy atom. The Morgan fingerprint density at radius 3 is 2.50 bits per heavy atom. The highest BCUT2D eigenvalue weighted by Crippen LogP contribution is 2.18. The summed E-state index contributed by atoms with van der Waals surface area (Å²) in [5.74, 6) is -1.67. The van der Waals surface area contributed by atoms with Gasteiger partial charge in [0.15, 0.2) is 9.84 Å². The van der Waals surface area contributed by atoms with Crippen molar-refractivity contribution in [2.75, 3.05) is 25.1 Å². The number of likely N-dealkylation sites (N-methyl/N-ethyl adjacent to an activating group) is 1. The molecule has 1 heterocycles. The van der Waals surface area contributed by atoms with E-state index in [-0.39, 0.29) is 17.4 Å². The van der Waals surface area contributed by atoms with Crippen LogP contribution in [0.4, 0.5) is 0 Å². The fourth-order valence-corrected chi connectivity index (χ4v) is 3.66. The summed E-state index contributed by atoms with van der Waals surface area (Å²) in [4.78, 5) is 23.9. The molecule has 0 saturated carbocycles. The van der Waals surface area contributed by atoms with Crippen molar-refractivity contribution < 1.29 is 23.1 Å². The minimum absolute atomic E-state index is 0.00893.